The number of carbonyl (C=O) groups is 1. The zero-order valence-electron chi connectivity index (χ0n) is 9.16. The first-order valence-corrected chi connectivity index (χ1v) is 6.25. The fourth-order valence-electron chi connectivity index (χ4n) is 1.89. The van der Waals surface area contributed by atoms with Crippen LogP contribution < -0.4 is 5.32 Å². The number of halogens is 1. The third-order valence-electron chi connectivity index (χ3n) is 2.89. The lowest BCUT2D eigenvalue weighted by molar-refractivity contribution is -0.121. The van der Waals surface area contributed by atoms with Crippen LogP contribution in [0.15, 0.2) is 30.3 Å². The number of hydrogen-bond donors (Lipinski definition) is 1. The van der Waals surface area contributed by atoms with Gasteiger partial charge in [-0.05, 0) is 24.3 Å². The highest BCUT2D eigenvalue weighted by molar-refractivity contribution is 6.18. The molecule has 1 saturated carbocycles. The average molecular weight is 238 g/mol. The maximum Gasteiger partial charge on any atom is 0.221 e. The Bertz CT molecular complexity index is 348. The lowest BCUT2D eigenvalue weighted by Gasteiger charge is -2.18. The maximum absolute atomic E-state index is 11.6. The van der Waals surface area contributed by atoms with E-state index in [9.17, 15) is 4.79 Å². The molecule has 1 aliphatic carbocycles. The van der Waals surface area contributed by atoms with Crippen LogP contribution in [0.1, 0.15) is 30.9 Å². The summed E-state index contributed by atoms with van der Waals surface area (Å²) in [6, 6.07) is 10.3. The van der Waals surface area contributed by atoms with Gasteiger partial charge in [-0.25, -0.2) is 0 Å². The Balaban J connectivity index is 2.03. The second kappa shape index (κ2) is 5.35. The number of amides is 1. The van der Waals surface area contributed by atoms with E-state index in [0.29, 0.717) is 18.2 Å². The molecule has 0 aliphatic heterocycles. The van der Waals surface area contributed by atoms with Gasteiger partial charge in [-0.15, -0.1) is 11.6 Å². The molecule has 86 valence electrons. The summed E-state index contributed by atoms with van der Waals surface area (Å²) in [5, 5.41) is 3.07. The van der Waals surface area contributed by atoms with E-state index in [1.165, 1.54) is 18.4 Å². The Labute approximate surface area is 101 Å². The minimum Gasteiger partial charge on any atom is -0.349 e. The number of nitrogens with one attached hydrogen (secondary N) is 1. The largest absolute Gasteiger partial charge is 0.349 e. The molecule has 2 rings (SSSR count). The quantitative estimate of drug-likeness (QED) is 0.784. The topological polar surface area (TPSA) is 29.1 Å². The summed E-state index contributed by atoms with van der Waals surface area (Å²) < 4.78 is 0. The monoisotopic (exact) mass is 237 g/mol. The van der Waals surface area contributed by atoms with Crippen LogP contribution in [0.4, 0.5) is 0 Å². The normalized spacial score (nSPS) is 16.8. The molecular weight excluding hydrogens is 222 g/mol. The number of benzene rings is 1. The number of carbonyl (C=O) groups excluding carboxylic acids is 1. The average Bonchev–Trinajstić information content (AvgIpc) is 3.11. The molecule has 1 aromatic carbocycles. The highest BCUT2D eigenvalue weighted by atomic mass is 35.5. The minimum atomic E-state index is 0.0516. The highest BCUT2D eigenvalue weighted by Gasteiger charge is 2.33. The van der Waals surface area contributed by atoms with E-state index < -0.39 is 0 Å². The van der Waals surface area contributed by atoms with Gasteiger partial charge in [-0.3, -0.25) is 4.79 Å². The molecule has 3 heteroatoms. The summed E-state index contributed by atoms with van der Waals surface area (Å²) in [5.74, 6) is 1.05. The van der Waals surface area contributed by atoms with Crippen molar-refractivity contribution in [3.63, 3.8) is 0 Å². The van der Waals surface area contributed by atoms with Crippen LogP contribution in [0.2, 0.25) is 0 Å². The van der Waals surface area contributed by atoms with Gasteiger partial charge >= 0.3 is 0 Å². The third-order valence-corrected chi connectivity index (χ3v) is 3.08. The van der Waals surface area contributed by atoms with Gasteiger partial charge in [0.25, 0.3) is 0 Å². The third kappa shape index (κ3) is 2.99. The van der Waals surface area contributed by atoms with Crippen molar-refractivity contribution in [2.24, 2.45) is 5.92 Å². The van der Waals surface area contributed by atoms with Gasteiger partial charge in [0.1, 0.15) is 0 Å². The molecule has 1 aliphatic rings. The zero-order chi connectivity index (χ0) is 11.4. The molecule has 1 N–H and O–H groups in total. The Morgan fingerprint density at radius 2 is 2.06 bits per heavy atom. The predicted molar refractivity (Wildman–Crippen MR) is 65.4 cm³/mol. The first-order chi connectivity index (χ1) is 7.81. The fourth-order valence-corrected chi connectivity index (χ4v) is 2.07. The van der Waals surface area contributed by atoms with Crippen molar-refractivity contribution < 1.29 is 4.79 Å². The van der Waals surface area contributed by atoms with Crippen molar-refractivity contribution in [2.75, 3.05) is 5.88 Å². The summed E-state index contributed by atoms with van der Waals surface area (Å²) >= 11 is 5.56. The van der Waals surface area contributed by atoms with Gasteiger partial charge in [0.05, 0.1) is 6.04 Å². The molecule has 0 bridgehead atoms. The molecule has 0 saturated heterocycles. The predicted octanol–water partition coefficient (Wildman–Crippen LogP) is 2.88. The molecule has 0 radical (unpaired) electrons. The Hall–Kier alpha value is -1.02. The van der Waals surface area contributed by atoms with Gasteiger partial charge < -0.3 is 5.32 Å². The molecule has 0 spiro atoms. The summed E-state index contributed by atoms with van der Waals surface area (Å²) in [7, 11) is 0. The van der Waals surface area contributed by atoms with Crippen molar-refractivity contribution >= 4 is 17.5 Å². The number of alkyl halides is 1. The lowest BCUT2D eigenvalue weighted by atomic mass is 10.0. The van der Waals surface area contributed by atoms with Gasteiger partial charge in [0.15, 0.2) is 0 Å². The van der Waals surface area contributed by atoms with E-state index >= 15 is 0 Å². The van der Waals surface area contributed by atoms with Crippen molar-refractivity contribution in [2.45, 2.75) is 25.3 Å². The lowest BCUT2D eigenvalue weighted by Crippen LogP contribution is -2.29. The van der Waals surface area contributed by atoms with E-state index in [1.807, 2.05) is 18.2 Å². The minimum absolute atomic E-state index is 0.0516. The number of hydrogen-bond acceptors (Lipinski definition) is 1. The van der Waals surface area contributed by atoms with Crippen LogP contribution in [0.5, 0.6) is 0 Å². The number of rotatable bonds is 5. The highest BCUT2D eigenvalue weighted by Crippen LogP contribution is 2.40. The van der Waals surface area contributed by atoms with E-state index in [4.69, 9.17) is 11.6 Å². The van der Waals surface area contributed by atoms with Crippen LogP contribution in [0, 0.1) is 5.92 Å². The van der Waals surface area contributed by atoms with E-state index in [1.54, 1.807) is 0 Å². The van der Waals surface area contributed by atoms with E-state index in [0.717, 1.165) is 0 Å². The van der Waals surface area contributed by atoms with Crippen molar-refractivity contribution in [3.05, 3.63) is 35.9 Å². The van der Waals surface area contributed by atoms with Crippen molar-refractivity contribution in [1.29, 1.82) is 0 Å². The molecular formula is C13H16ClNO. The smallest absolute Gasteiger partial charge is 0.221 e. The molecule has 1 aromatic rings. The molecule has 1 unspecified atom stereocenters. The first-order valence-electron chi connectivity index (χ1n) is 5.71. The Morgan fingerprint density at radius 1 is 1.38 bits per heavy atom. The molecule has 2 nitrogen and oxygen atoms in total. The fraction of sp³-hybridized carbons (Fsp3) is 0.462. The molecule has 0 heterocycles. The van der Waals surface area contributed by atoms with Crippen LogP contribution in [-0.4, -0.2) is 11.8 Å². The summed E-state index contributed by atoms with van der Waals surface area (Å²) in [6.07, 6.45) is 2.82. The van der Waals surface area contributed by atoms with Crippen LogP contribution in [-0.2, 0) is 4.79 Å². The van der Waals surface area contributed by atoms with Gasteiger partial charge in [0, 0.05) is 12.3 Å². The molecule has 0 aromatic heterocycles. The van der Waals surface area contributed by atoms with E-state index in [-0.39, 0.29) is 11.9 Å². The Morgan fingerprint density at radius 3 is 2.62 bits per heavy atom. The second-order valence-electron chi connectivity index (χ2n) is 4.23. The molecule has 16 heavy (non-hydrogen) atoms. The summed E-state index contributed by atoms with van der Waals surface area (Å²) in [4.78, 5) is 11.6. The standard InChI is InChI=1S/C13H16ClNO/c14-9-8-12(16)15-13(11-6-7-11)10-4-2-1-3-5-10/h1-5,11,13H,6-9H2,(H,15,16). The van der Waals surface area contributed by atoms with Gasteiger partial charge in [0.2, 0.25) is 5.91 Å². The molecule has 1 fully saturated rings. The zero-order valence-corrected chi connectivity index (χ0v) is 9.91. The maximum atomic E-state index is 11.6. The Kier molecular flexibility index (Phi) is 3.83. The SMILES string of the molecule is O=C(CCCl)NC(c1ccccc1)C1CC1. The van der Waals surface area contributed by atoms with Crippen molar-refractivity contribution in [3.8, 4) is 0 Å². The van der Waals surface area contributed by atoms with Crippen LogP contribution in [0.25, 0.3) is 0 Å². The molecule has 1 atom stereocenters. The van der Waals surface area contributed by atoms with Crippen molar-refractivity contribution in [1.82, 2.24) is 5.32 Å². The summed E-state index contributed by atoms with van der Waals surface area (Å²) in [6.45, 7) is 0. The summed E-state index contributed by atoms with van der Waals surface area (Å²) in [5.41, 5.74) is 1.20. The first kappa shape index (κ1) is 11.5. The van der Waals surface area contributed by atoms with Crippen LogP contribution >= 0.6 is 11.6 Å². The second-order valence-corrected chi connectivity index (χ2v) is 4.61. The molecule has 1 amide bonds. The van der Waals surface area contributed by atoms with Gasteiger partial charge in [-0.2, -0.15) is 0 Å². The van der Waals surface area contributed by atoms with E-state index in [2.05, 4.69) is 17.4 Å². The van der Waals surface area contributed by atoms with Gasteiger partial charge in [-0.1, -0.05) is 30.3 Å². The van der Waals surface area contributed by atoms with Crippen LogP contribution in [0.3, 0.4) is 0 Å².